The van der Waals surface area contributed by atoms with E-state index in [0.717, 1.165) is 46.3 Å². The first-order valence-electron chi connectivity index (χ1n) is 11.7. The van der Waals surface area contributed by atoms with Gasteiger partial charge in [-0.1, -0.05) is 24.3 Å². The summed E-state index contributed by atoms with van der Waals surface area (Å²) < 4.78 is 26.6. The van der Waals surface area contributed by atoms with Gasteiger partial charge in [0.1, 0.15) is 23.3 Å². The van der Waals surface area contributed by atoms with Gasteiger partial charge in [0.2, 0.25) is 0 Å². The third kappa shape index (κ3) is 4.47. The normalized spacial score (nSPS) is 18.3. The third-order valence-electron chi connectivity index (χ3n) is 6.83. The summed E-state index contributed by atoms with van der Waals surface area (Å²) in [5.41, 5.74) is 10.00. The van der Waals surface area contributed by atoms with Gasteiger partial charge >= 0.3 is 0 Å². The Kier molecular flexibility index (Phi) is 5.95. The molecule has 0 saturated heterocycles. The predicted octanol–water partition coefficient (Wildman–Crippen LogP) is 5.19. The van der Waals surface area contributed by atoms with Gasteiger partial charge < -0.3 is 16.0 Å². The lowest BCUT2D eigenvalue weighted by atomic mass is 9.95. The van der Waals surface area contributed by atoms with E-state index in [1.54, 1.807) is 12.1 Å². The van der Waals surface area contributed by atoms with Crippen LogP contribution in [-0.4, -0.2) is 29.7 Å². The van der Waals surface area contributed by atoms with E-state index in [9.17, 15) is 13.7 Å². The van der Waals surface area contributed by atoms with Crippen molar-refractivity contribution >= 4 is 32.4 Å². The molecule has 4 aromatic rings. The molecule has 1 aliphatic rings. The van der Waals surface area contributed by atoms with Gasteiger partial charge in [0.05, 0.1) is 10.1 Å². The number of rotatable bonds is 5. The zero-order chi connectivity index (χ0) is 24.6. The van der Waals surface area contributed by atoms with Crippen LogP contribution in [0.25, 0.3) is 22.0 Å². The average molecular weight is 486 g/mol. The number of H-pyrrole nitrogens is 1. The number of anilines is 2. The summed E-state index contributed by atoms with van der Waals surface area (Å²) in [7, 11) is -3.41. The fourth-order valence-electron chi connectivity index (χ4n) is 4.82. The van der Waals surface area contributed by atoms with Crippen LogP contribution in [0.1, 0.15) is 36.8 Å². The van der Waals surface area contributed by atoms with Gasteiger partial charge in [-0.2, -0.15) is 5.26 Å². The van der Waals surface area contributed by atoms with Crippen molar-refractivity contribution in [3.8, 4) is 17.2 Å². The molecule has 2 heterocycles. The first-order valence-corrected chi connectivity index (χ1v) is 13.2. The predicted molar refractivity (Wildman–Crippen MR) is 139 cm³/mol. The van der Waals surface area contributed by atoms with E-state index < -0.39 is 9.84 Å². The van der Waals surface area contributed by atoms with E-state index in [4.69, 9.17) is 5.73 Å². The summed E-state index contributed by atoms with van der Waals surface area (Å²) in [6, 6.07) is 19.1. The quantitative estimate of drug-likeness (QED) is 0.357. The molecular weight excluding hydrogens is 458 g/mol. The SMILES string of the molecule is Cc1ccc(N[C@H]2CC[C@H](S(=O)(=O)c3ccc(-c4ccc5[nH]c(N)c(C#N)c5c4)cc3)CC2)nc1. The van der Waals surface area contributed by atoms with Crippen molar-refractivity contribution in [3.05, 3.63) is 71.9 Å². The fraction of sp³-hybridized carbons (Fsp3) is 0.259. The molecule has 178 valence electrons. The number of nitrogens with one attached hydrogen (secondary N) is 2. The minimum absolute atomic E-state index is 0.231. The lowest BCUT2D eigenvalue weighted by molar-refractivity contribution is 0.451. The second kappa shape index (κ2) is 9.08. The Balaban J connectivity index is 1.29. The molecule has 0 amide bonds. The summed E-state index contributed by atoms with van der Waals surface area (Å²) in [6.07, 6.45) is 4.65. The molecule has 1 fully saturated rings. The van der Waals surface area contributed by atoms with Crippen molar-refractivity contribution in [2.24, 2.45) is 0 Å². The van der Waals surface area contributed by atoms with Crippen molar-refractivity contribution < 1.29 is 8.42 Å². The van der Waals surface area contributed by atoms with Crippen LogP contribution in [0.2, 0.25) is 0 Å². The number of aryl methyl sites for hydroxylation is 1. The largest absolute Gasteiger partial charge is 0.384 e. The number of fused-ring (bicyclic) bond motifs is 1. The van der Waals surface area contributed by atoms with Gasteiger partial charge in [-0.3, -0.25) is 0 Å². The highest BCUT2D eigenvalue weighted by Gasteiger charge is 2.32. The Morgan fingerprint density at radius 3 is 2.40 bits per heavy atom. The molecule has 0 atom stereocenters. The summed E-state index contributed by atoms with van der Waals surface area (Å²) in [5.74, 6) is 1.18. The van der Waals surface area contributed by atoms with Crippen molar-refractivity contribution in [2.75, 3.05) is 11.1 Å². The number of aromatic amines is 1. The number of sulfone groups is 1. The highest BCUT2D eigenvalue weighted by Crippen LogP contribution is 2.33. The molecule has 0 bridgehead atoms. The molecule has 1 aliphatic carbocycles. The van der Waals surface area contributed by atoms with Crippen LogP contribution < -0.4 is 11.1 Å². The van der Waals surface area contributed by atoms with Crippen LogP contribution in [-0.2, 0) is 9.84 Å². The topological polar surface area (TPSA) is 125 Å². The van der Waals surface area contributed by atoms with E-state index >= 15 is 0 Å². The fourth-order valence-corrected chi connectivity index (χ4v) is 6.62. The van der Waals surface area contributed by atoms with Crippen LogP contribution in [0.5, 0.6) is 0 Å². The molecule has 5 rings (SSSR count). The number of aromatic nitrogens is 2. The van der Waals surface area contributed by atoms with Crippen molar-refractivity contribution in [1.82, 2.24) is 9.97 Å². The lowest BCUT2D eigenvalue weighted by Crippen LogP contribution is -2.33. The maximum atomic E-state index is 13.3. The molecule has 2 aromatic heterocycles. The molecule has 1 saturated carbocycles. The maximum absolute atomic E-state index is 13.3. The van der Waals surface area contributed by atoms with Gasteiger partial charge in [0.15, 0.2) is 9.84 Å². The zero-order valence-electron chi connectivity index (χ0n) is 19.5. The first kappa shape index (κ1) is 22.9. The van der Waals surface area contributed by atoms with E-state index in [2.05, 4.69) is 21.4 Å². The number of nitrogens with two attached hydrogens (primary N) is 1. The minimum Gasteiger partial charge on any atom is -0.384 e. The standard InChI is InChI=1S/C27H27N5O2S/c1-17-2-13-26(30-16-17)31-20-6-10-22(11-7-20)35(33,34)21-8-3-18(4-9-21)19-5-12-25-23(14-19)24(15-28)27(29)32-25/h2-5,8-9,12-14,16,20,22,32H,6-7,10-11,29H2,1H3,(H,30,31)/t20-,22-. The van der Waals surface area contributed by atoms with Crippen molar-refractivity contribution in [2.45, 2.75) is 48.8 Å². The Labute approximate surface area is 204 Å². The van der Waals surface area contributed by atoms with Crippen LogP contribution in [0.15, 0.2) is 65.7 Å². The van der Waals surface area contributed by atoms with E-state index in [-0.39, 0.29) is 11.3 Å². The average Bonchev–Trinajstić information content (AvgIpc) is 3.20. The van der Waals surface area contributed by atoms with Gasteiger partial charge in [0.25, 0.3) is 0 Å². The summed E-state index contributed by atoms with van der Waals surface area (Å²) in [6.45, 7) is 2.00. The lowest BCUT2D eigenvalue weighted by Gasteiger charge is -2.29. The monoisotopic (exact) mass is 485 g/mol. The molecular formula is C27H27N5O2S. The molecule has 0 radical (unpaired) electrons. The zero-order valence-corrected chi connectivity index (χ0v) is 20.3. The van der Waals surface area contributed by atoms with Crippen LogP contribution in [0, 0.1) is 18.3 Å². The molecule has 0 unspecified atom stereocenters. The number of nitriles is 1. The number of benzene rings is 2. The van der Waals surface area contributed by atoms with Crippen LogP contribution in [0.4, 0.5) is 11.6 Å². The van der Waals surface area contributed by atoms with E-state index in [0.29, 0.717) is 29.1 Å². The number of hydrogen-bond donors (Lipinski definition) is 3. The molecule has 0 aliphatic heterocycles. The van der Waals surface area contributed by atoms with Gasteiger partial charge in [0, 0.05) is 23.1 Å². The van der Waals surface area contributed by atoms with E-state index in [1.165, 1.54) is 0 Å². The highest BCUT2D eigenvalue weighted by molar-refractivity contribution is 7.92. The second-order valence-electron chi connectivity index (χ2n) is 9.19. The maximum Gasteiger partial charge on any atom is 0.181 e. The third-order valence-corrected chi connectivity index (χ3v) is 9.11. The van der Waals surface area contributed by atoms with Gasteiger partial charge in [-0.15, -0.1) is 0 Å². The molecule has 7 nitrogen and oxygen atoms in total. The highest BCUT2D eigenvalue weighted by atomic mass is 32.2. The number of nitrogen functional groups attached to an aromatic ring is 1. The van der Waals surface area contributed by atoms with Gasteiger partial charge in [-0.25, -0.2) is 13.4 Å². The molecule has 4 N–H and O–H groups in total. The number of pyridine rings is 1. The Morgan fingerprint density at radius 2 is 1.74 bits per heavy atom. The van der Waals surface area contributed by atoms with Gasteiger partial charge in [-0.05, 0) is 79.6 Å². The Bertz CT molecular complexity index is 1510. The Morgan fingerprint density at radius 1 is 1.03 bits per heavy atom. The second-order valence-corrected chi connectivity index (χ2v) is 11.4. The molecule has 0 spiro atoms. The Hall–Kier alpha value is -3.83. The van der Waals surface area contributed by atoms with Crippen LogP contribution in [0.3, 0.4) is 0 Å². The summed E-state index contributed by atoms with van der Waals surface area (Å²) >= 11 is 0. The number of hydrogen-bond acceptors (Lipinski definition) is 6. The minimum atomic E-state index is -3.41. The number of nitrogens with zero attached hydrogens (tertiary/aromatic N) is 2. The molecule has 35 heavy (non-hydrogen) atoms. The molecule has 8 heteroatoms. The molecule has 2 aromatic carbocycles. The summed E-state index contributed by atoms with van der Waals surface area (Å²) in [4.78, 5) is 7.75. The summed E-state index contributed by atoms with van der Waals surface area (Å²) in [5, 5.41) is 13.2. The van der Waals surface area contributed by atoms with Crippen molar-refractivity contribution in [3.63, 3.8) is 0 Å². The first-order chi connectivity index (χ1) is 16.8. The smallest absolute Gasteiger partial charge is 0.181 e. The van der Waals surface area contributed by atoms with E-state index in [1.807, 2.05) is 55.6 Å². The van der Waals surface area contributed by atoms with Crippen molar-refractivity contribution in [1.29, 1.82) is 5.26 Å². The van der Waals surface area contributed by atoms with Crippen LogP contribution >= 0.6 is 0 Å².